The highest BCUT2D eigenvalue weighted by atomic mass is 19.3. The van der Waals surface area contributed by atoms with Gasteiger partial charge in [-0.05, 0) is 46.7 Å². The molecule has 0 saturated carbocycles. The van der Waals surface area contributed by atoms with Gasteiger partial charge in [0.1, 0.15) is 5.78 Å². The topological polar surface area (TPSA) is 40.6 Å². The standard InChI is InChI=1S/C20H34F2N2O2/c1-18(2,3)16(25)15-11-20(21,22)13-23(12-15)17(26)14-7-9-24(10-8-14)19(4,5)6/h14-15H,7-13H2,1-6H3. The van der Waals surface area contributed by atoms with Crippen molar-refractivity contribution >= 4 is 11.7 Å². The van der Waals surface area contributed by atoms with Gasteiger partial charge >= 0.3 is 0 Å². The van der Waals surface area contributed by atoms with Crippen molar-refractivity contribution in [2.24, 2.45) is 17.3 Å². The molecule has 1 unspecified atom stereocenters. The Hall–Kier alpha value is -1.04. The number of carbonyl (C=O) groups is 2. The molecule has 6 heteroatoms. The van der Waals surface area contributed by atoms with E-state index in [4.69, 9.17) is 0 Å². The number of nitrogens with zero attached hydrogens (tertiary/aromatic N) is 2. The second-order valence-corrected chi connectivity index (χ2v) is 10.0. The van der Waals surface area contributed by atoms with Crippen LogP contribution in [0.2, 0.25) is 0 Å². The molecule has 2 aliphatic rings. The fourth-order valence-corrected chi connectivity index (χ4v) is 4.11. The van der Waals surface area contributed by atoms with Gasteiger partial charge in [-0.1, -0.05) is 20.8 Å². The van der Waals surface area contributed by atoms with Gasteiger partial charge in [0.15, 0.2) is 0 Å². The smallest absolute Gasteiger partial charge is 0.266 e. The lowest BCUT2D eigenvalue weighted by atomic mass is 9.78. The quantitative estimate of drug-likeness (QED) is 0.744. The third-order valence-electron chi connectivity index (χ3n) is 5.62. The summed E-state index contributed by atoms with van der Waals surface area (Å²) in [6.07, 6.45) is 0.932. The van der Waals surface area contributed by atoms with Gasteiger partial charge in [-0.25, -0.2) is 8.78 Å². The molecule has 1 amide bonds. The number of rotatable bonds is 2. The molecule has 0 aromatic carbocycles. The van der Waals surface area contributed by atoms with Crippen LogP contribution in [0.4, 0.5) is 8.78 Å². The SMILES string of the molecule is CC(C)(C)C(=O)C1CN(C(=O)C2CCN(C(C)(C)C)CC2)CC(F)(F)C1. The lowest BCUT2D eigenvalue weighted by Crippen LogP contribution is -2.55. The van der Waals surface area contributed by atoms with Crippen LogP contribution >= 0.6 is 0 Å². The number of Topliss-reactive ketones (excluding diaryl/α,β-unsaturated/α-hetero) is 1. The first-order valence-electron chi connectivity index (χ1n) is 9.67. The Balaban J connectivity index is 2.05. The highest BCUT2D eigenvalue weighted by Gasteiger charge is 2.47. The highest BCUT2D eigenvalue weighted by molar-refractivity contribution is 5.87. The molecule has 0 radical (unpaired) electrons. The van der Waals surface area contributed by atoms with Gasteiger partial charge in [-0.15, -0.1) is 0 Å². The van der Waals surface area contributed by atoms with Crippen LogP contribution in [-0.4, -0.2) is 59.1 Å². The number of hydrogen-bond acceptors (Lipinski definition) is 3. The molecular formula is C20H34F2N2O2. The van der Waals surface area contributed by atoms with Crippen LogP contribution in [0.5, 0.6) is 0 Å². The summed E-state index contributed by atoms with van der Waals surface area (Å²) >= 11 is 0. The number of amides is 1. The minimum absolute atomic E-state index is 0.0520. The van der Waals surface area contributed by atoms with Crippen LogP contribution in [-0.2, 0) is 9.59 Å². The number of alkyl halides is 2. The van der Waals surface area contributed by atoms with Crippen molar-refractivity contribution in [3.8, 4) is 0 Å². The van der Waals surface area contributed by atoms with E-state index < -0.39 is 30.2 Å². The Kier molecular flexibility index (Phi) is 5.87. The average molecular weight is 373 g/mol. The molecule has 0 spiro atoms. The molecule has 0 aliphatic carbocycles. The monoisotopic (exact) mass is 372 g/mol. The Bertz CT molecular complexity index is 541. The van der Waals surface area contributed by atoms with Crippen molar-refractivity contribution in [1.82, 2.24) is 9.80 Å². The maximum atomic E-state index is 14.2. The fraction of sp³-hybridized carbons (Fsp3) is 0.900. The van der Waals surface area contributed by atoms with Crippen LogP contribution in [0, 0.1) is 17.3 Å². The maximum Gasteiger partial charge on any atom is 0.266 e. The molecule has 2 saturated heterocycles. The zero-order chi connectivity index (χ0) is 19.9. The lowest BCUT2D eigenvalue weighted by Gasteiger charge is -2.43. The first-order valence-corrected chi connectivity index (χ1v) is 9.67. The second-order valence-electron chi connectivity index (χ2n) is 10.0. The molecule has 2 rings (SSSR count). The van der Waals surface area contributed by atoms with E-state index in [1.165, 1.54) is 4.90 Å². The number of ketones is 1. The van der Waals surface area contributed by atoms with E-state index in [-0.39, 0.29) is 29.7 Å². The first-order chi connectivity index (χ1) is 11.7. The summed E-state index contributed by atoms with van der Waals surface area (Å²) in [5.74, 6) is -4.38. The number of piperidine rings is 2. The molecule has 2 aliphatic heterocycles. The van der Waals surface area contributed by atoms with Crippen LogP contribution in [0.3, 0.4) is 0 Å². The Labute approximate surface area is 156 Å². The molecule has 0 bridgehead atoms. The van der Waals surface area contributed by atoms with E-state index in [0.29, 0.717) is 12.8 Å². The summed E-state index contributed by atoms with van der Waals surface area (Å²) in [5, 5.41) is 0. The van der Waals surface area contributed by atoms with Gasteiger partial charge in [-0.2, -0.15) is 0 Å². The molecule has 2 heterocycles. The van der Waals surface area contributed by atoms with Gasteiger partial charge in [0.25, 0.3) is 5.92 Å². The third-order valence-corrected chi connectivity index (χ3v) is 5.62. The zero-order valence-corrected chi connectivity index (χ0v) is 17.1. The molecular weight excluding hydrogens is 338 g/mol. The van der Waals surface area contributed by atoms with E-state index in [1.807, 2.05) is 0 Å². The van der Waals surface area contributed by atoms with Crippen molar-refractivity contribution in [2.45, 2.75) is 72.3 Å². The van der Waals surface area contributed by atoms with Crippen LogP contribution < -0.4 is 0 Å². The summed E-state index contributed by atoms with van der Waals surface area (Å²) in [7, 11) is 0. The maximum absolute atomic E-state index is 14.2. The molecule has 0 N–H and O–H groups in total. The molecule has 1 atom stereocenters. The second kappa shape index (κ2) is 7.17. The summed E-state index contributed by atoms with van der Waals surface area (Å²) in [5.41, 5.74) is -0.624. The summed E-state index contributed by atoms with van der Waals surface area (Å²) in [6.45, 7) is 12.8. The van der Waals surface area contributed by atoms with E-state index in [2.05, 4.69) is 25.7 Å². The summed E-state index contributed by atoms with van der Waals surface area (Å²) < 4.78 is 28.5. The van der Waals surface area contributed by atoms with Crippen molar-refractivity contribution in [1.29, 1.82) is 0 Å². The predicted octanol–water partition coefficient (Wildman–Crippen LogP) is 3.60. The number of likely N-dealkylation sites (tertiary alicyclic amines) is 2. The zero-order valence-electron chi connectivity index (χ0n) is 17.1. The van der Waals surface area contributed by atoms with E-state index in [0.717, 1.165) is 13.1 Å². The van der Waals surface area contributed by atoms with Gasteiger partial charge in [0.05, 0.1) is 6.54 Å². The Morgan fingerprint density at radius 3 is 1.96 bits per heavy atom. The molecule has 0 aromatic heterocycles. The Morgan fingerprint density at radius 1 is 0.962 bits per heavy atom. The van der Waals surface area contributed by atoms with Gasteiger partial charge in [0.2, 0.25) is 5.91 Å². The largest absolute Gasteiger partial charge is 0.336 e. The number of halogens is 2. The molecule has 0 aromatic rings. The number of carbonyl (C=O) groups excluding carboxylic acids is 2. The minimum atomic E-state index is -2.99. The third kappa shape index (κ3) is 5.02. The molecule has 2 fully saturated rings. The van der Waals surface area contributed by atoms with Crippen LogP contribution in [0.1, 0.15) is 60.8 Å². The Morgan fingerprint density at radius 2 is 1.50 bits per heavy atom. The van der Waals surface area contributed by atoms with Crippen molar-refractivity contribution in [3.63, 3.8) is 0 Å². The van der Waals surface area contributed by atoms with Crippen LogP contribution in [0.15, 0.2) is 0 Å². The normalized spacial score (nSPS) is 26.0. The summed E-state index contributed by atoms with van der Waals surface area (Å²) in [4.78, 5) is 29.0. The molecule has 4 nitrogen and oxygen atoms in total. The van der Waals surface area contributed by atoms with Gasteiger partial charge < -0.3 is 4.90 Å². The average Bonchev–Trinajstić information content (AvgIpc) is 2.50. The molecule has 150 valence electrons. The van der Waals surface area contributed by atoms with Gasteiger partial charge in [-0.3, -0.25) is 14.5 Å². The van der Waals surface area contributed by atoms with Crippen molar-refractivity contribution in [2.75, 3.05) is 26.2 Å². The fourth-order valence-electron chi connectivity index (χ4n) is 4.11. The highest BCUT2D eigenvalue weighted by Crippen LogP contribution is 2.36. The van der Waals surface area contributed by atoms with E-state index in [9.17, 15) is 18.4 Å². The minimum Gasteiger partial charge on any atom is -0.336 e. The number of hydrogen-bond donors (Lipinski definition) is 0. The van der Waals surface area contributed by atoms with E-state index in [1.54, 1.807) is 20.8 Å². The van der Waals surface area contributed by atoms with Crippen LogP contribution in [0.25, 0.3) is 0 Å². The van der Waals surface area contributed by atoms with Crippen molar-refractivity contribution in [3.05, 3.63) is 0 Å². The van der Waals surface area contributed by atoms with Gasteiger partial charge in [0, 0.05) is 35.8 Å². The van der Waals surface area contributed by atoms with E-state index >= 15 is 0 Å². The summed E-state index contributed by atoms with van der Waals surface area (Å²) in [6, 6.07) is 0. The first kappa shape index (κ1) is 21.3. The predicted molar refractivity (Wildman–Crippen MR) is 98.1 cm³/mol. The molecule has 26 heavy (non-hydrogen) atoms. The lowest BCUT2D eigenvalue weighted by molar-refractivity contribution is -0.157. The van der Waals surface area contributed by atoms with Crippen molar-refractivity contribution < 1.29 is 18.4 Å².